The van der Waals surface area contributed by atoms with Gasteiger partial charge in [0.25, 0.3) is 0 Å². The van der Waals surface area contributed by atoms with Crippen LogP contribution in [0.5, 0.6) is 0 Å². The average Bonchev–Trinajstić information content (AvgIpc) is 2.35. The van der Waals surface area contributed by atoms with Crippen LogP contribution in [0.4, 0.5) is 11.5 Å². The largest absolute Gasteiger partial charge is 0.382 e. The molecular weight excluding hydrogens is 285 g/mol. The van der Waals surface area contributed by atoms with E-state index in [2.05, 4.69) is 20.5 Å². The van der Waals surface area contributed by atoms with Crippen LogP contribution in [0.3, 0.4) is 0 Å². The standard InChI is InChI=1S/C12H11Cl2N5/c1-7-3-2-4-8(5-7)19-16-6-9-12(15)18-11(14)10(13)17-9/h2-6,19H,1H3,(H2,15,18). The van der Waals surface area contributed by atoms with Crippen LogP contribution in [0.1, 0.15) is 11.3 Å². The fourth-order valence-corrected chi connectivity index (χ4v) is 1.66. The summed E-state index contributed by atoms with van der Waals surface area (Å²) in [5.41, 5.74) is 10.9. The molecule has 0 saturated heterocycles. The van der Waals surface area contributed by atoms with E-state index in [4.69, 9.17) is 28.9 Å². The molecule has 5 nitrogen and oxygen atoms in total. The summed E-state index contributed by atoms with van der Waals surface area (Å²) in [6, 6.07) is 7.78. The summed E-state index contributed by atoms with van der Waals surface area (Å²) < 4.78 is 0. The number of hydrazone groups is 1. The summed E-state index contributed by atoms with van der Waals surface area (Å²) in [6.45, 7) is 2.00. The SMILES string of the molecule is Cc1cccc(NN=Cc2nc(Cl)c(Cl)nc2N)c1. The van der Waals surface area contributed by atoms with Gasteiger partial charge in [-0.2, -0.15) is 5.10 Å². The number of nitrogens with two attached hydrogens (primary N) is 1. The third-order valence-corrected chi connectivity index (χ3v) is 2.89. The molecule has 0 atom stereocenters. The molecule has 1 heterocycles. The fraction of sp³-hybridized carbons (Fsp3) is 0.0833. The predicted octanol–water partition coefficient (Wildman–Crippen LogP) is 3.12. The highest BCUT2D eigenvalue weighted by Gasteiger charge is 2.06. The number of aromatic nitrogens is 2. The van der Waals surface area contributed by atoms with Crippen LogP contribution in [0.25, 0.3) is 0 Å². The van der Waals surface area contributed by atoms with E-state index in [0.29, 0.717) is 5.69 Å². The predicted molar refractivity (Wildman–Crippen MR) is 78.9 cm³/mol. The molecule has 1 aromatic heterocycles. The molecule has 19 heavy (non-hydrogen) atoms. The molecule has 1 aromatic carbocycles. The van der Waals surface area contributed by atoms with Gasteiger partial charge >= 0.3 is 0 Å². The van der Waals surface area contributed by atoms with Gasteiger partial charge < -0.3 is 5.73 Å². The van der Waals surface area contributed by atoms with E-state index in [0.717, 1.165) is 11.3 Å². The summed E-state index contributed by atoms with van der Waals surface area (Å²) in [7, 11) is 0. The minimum Gasteiger partial charge on any atom is -0.382 e. The van der Waals surface area contributed by atoms with E-state index >= 15 is 0 Å². The van der Waals surface area contributed by atoms with Crippen molar-refractivity contribution < 1.29 is 0 Å². The Morgan fingerprint density at radius 3 is 2.74 bits per heavy atom. The monoisotopic (exact) mass is 295 g/mol. The van der Waals surface area contributed by atoms with Gasteiger partial charge in [0.05, 0.1) is 11.9 Å². The van der Waals surface area contributed by atoms with Crippen molar-refractivity contribution in [3.63, 3.8) is 0 Å². The van der Waals surface area contributed by atoms with Crippen molar-refractivity contribution >= 4 is 40.9 Å². The van der Waals surface area contributed by atoms with Crippen LogP contribution in [-0.2, 0) is 0 Å². The highest BCUT2D eigenvalue weighted by Crippen LogP contribution is 2.19. The Hall–Kier alpha value is -1.85. The number of anilines is 2. The van der Waals surface area contributed by atoms with E-state index in [1.165, 1.54) is 6.21 Å². The summed E-state index contributed by atoms with van der Waals surface area (Å²) in [5.74, 6) is 0.171. The normalized spacial score (nSPS) is 10.9. The van der Waals surface area contributed by atoms with E-state index < -0.39 is 0 Å². The Kier molecular flexibility index (Phi) is 4.19. The molecule has 0 unspecified atom stereocenters. The molecule has 0 amide bonds. The lowest BCUT2D eigenvalue weighted by atomic mass is 10.2. The van der Waals surface area contributed by atoms with E-state index in [1.807, 2.05) is 31.2 Å². The van der Waals surface area contributed by atoms with Crippen LogP contribution < -0.4 is 11.2 Å². The topological polar surface area (TPSA) is 76.2 Å². The third-order valence-electron chi connectivity index (χ3n) is 2.27. The first-order chi connectivity index (χ1) is 9.06. The molecule has 0 fully saturated rings. The molecular formula is C12H11Cl2N5. The van der Waals surface area contributed by atoms with Crippen molar-refractivity contribution in [1.29, 1.82) is 0 Å². The molecule has 98 valence electrons. The summed E-state index contributed by atoms with van der Waals surface area (Å²) in [5, 5.41) is 4.19. The minimum atomic E-state index is 0.0722. The van der Waals surface area contributed by atoms with E-state index in [-0.39, 0.29) is 16.1 Å². The van der Waals surface area contributed by atoms with Gasteiger partial charge in [-0.3, -0.25) is 5.43 Å². The molecule has 0 radical (unpaired) electrons. The number of rotatable bonds is 3. The zero-order chi connectivity index (χ0) is 13.8. The number of benzene rings is 1. The lowest BCUT2D eigenvalue weighted by Gasteiger charge is -2.02. The van der Waals surface area contributed by atoms with E-state index in [1.54, 1.807) is 0 Å². The van der Waals surface area contributed by atoms with Gasteiger partial charge in [0.15, 0.2) is 16.1 Å². The van der Waals surface area contributed by atoms with Crippen LogP contribution in [0.2, 0.25) is 10.3 Å². The molecule has 3 N–H and O–H groups in total. The van der Waals surface area contributed by atoms with Gasteiger partial charge in [0.2, 0.25) is 0 Å². The number of hydrogen-bond donors (Lipinski definition) is 2. The van der Waals surface area contributed by atoms with Gasteiger partial charge in [0.1, 0.15) is 5.69 Å². The highest BCUT2D eigenvalue weighted by atomic mass is 35.5. The first-order valence-corrected chi connectivity index (χ1v) is 6.16. The fourth-order valence-electron chi connectivity index (χ4n) is 1.40. The molecule has 0 aliphatic carbocycles. The Balaban J connectivity index is 2.13. The highest BCUT2D eigenvalue weighted by molar-refractivity contribution is 6.40. The molecule has 0 spiro atoms. The van der Waals surface area contributed by atoms with Gasteiger partial charge in [-0.15, -0.1) is 0 Å². The van der Waals surface area contributed by atoms with Crippen molar-refractivity contribution in [2.24, 2.45) is 5.10 Å². The number of hydrogen-bond acceptors (Lipinski definition) is 5. The lowest BCUT2D eigenvalue weighted by Crippen LogP contribution is -2.02. The van der Waals surface area contributed by atoms with Crippen LogP contribution >= 0.6 is 23.2 Å². The van der Waals surface area contributed by atoms with Crippen molar-refractivity contribution in [2.75, 3.05) is 11.2 Å². The Bertz CT molecular complexity index is 628. The number of nitrogen functional groups attached to an aromatic ring is 1. The molecule has 0 saturated carbocycles. The Labute approximate surface area is 120 Å². The maximum Gasteiger partial charge on any atom is 0.168 e. The quantitative estimate of drug-likeness (QED) is 0.674. The number of aryl methyl sites for hydroxylation is 1. The van der Waals surface area contributed by atoms with Crippen molar-refractivity contribution in [3.8, 4) is 0 Å². The van der Waals surface area contributed by atoms with Crippen LogP contribution in [-0.4, -0.2) is 16.2 Å². The first kappa shape index (κ1) is 13.6. The van der Waals surface area contributed by atoms with Crippen LogP contribution in [0.15, 0.2) is 29.4 Å². The zero-order valence-electron chi connectivity index (χ0n) is 10.1. The first-order valence-electron chi connectivity index (χ1n) is 5.40. The van der Waals surface area contributed by atoms with Gasteiger partial charge in [0, 0.05) is 0 Å². The maximum atomic E-state index is 5.76. The molecule has 0 aliphatic rings. The van der Waals surface area contributed by atoms with Gasteiger partial charge in [-0.05, 0) is 24.6 Å². The zero-order valence-corrected chi connectivity index (χ0v) is 11.6. The van der Waals surface area contributed by atoms with E-state index in [9.17, 15) is 0 Å². The number of halogens is 2. The molecule has 0 bridgehead atoms. The number of nitrogens with zero attached hydrogens (tertiary/aromatic N) is 3. The second kappa shape index (κ2) is 5.86. The minimum absolute atomic E-state index is 0.0722. The maximum absolute atomic E-state index is 5.76. The summed E-state index contributed by atoms with van der Waals surface area (Å²) in [4.78, 5) is 7.82. The molecule has 2 rings (SSSR count). The second-order valence-corrected chi connectivity index (χ2v) is 4.53. The van der Waals surface area contributed by atoms with Gasteiger partial charge in [-0.1, -0.05) is 35.3 Å². The molecule has 7 heteroatoms. The summed E-state index contributed by atoms with van der Waals surface area (Å²) >= 11 is 11.4. The van der Waals surface area contributed by atoms with Crippen molar-refractivity contribution in [1.82, 2.24) is 9.97 Å². The van der Waals surface area contributed by atoms with Crippen molar-refractivity contribution in [2.45, 2.75) is 6.92 Å². The molecule has 2 aromatic rings. The summed E-state index contributed by atoms with van der Waals surface area (Å²) in [6.07, 6.45) is 1.44. The smallest absolute Gasteiger partial charge is 0.168 e. The Morgan fingerprint density at radius 2 is 2.00 bits per heavy atom. The molecule has 0 aliphatic heterocycles. The Morgan fingerprint density at radius 1 is 1.26 bits per heavy atom. The van der Waals surface area contributed by atoms with Crippen LogP contribution in [0, 0.1) is 6.92 Å². The third kappa shape index (κ3) is 3.56. The number of nitrogens with one attached hydrogen (secondary N) is 1. The average molecular weight is 296 g/mol. The lowest BCUT2D eigenvalue weighted by molar-refractivity contribution is 1.19. The van der Waals surface area contributed by atoms with Gasteiger partial charge in [-0.25, -0.2) is 9.97 Å². The van der Waals surface area contributed by atoms with Crippen molar-refractivity contribution in [3.05, 3.63) is 45.8 Å². The second-order valence-electron chi connectivity index (χ2n) is 3.82.